The van der Waals surface area contributed by atoms with Gasteiger partial charge in [0, 0.05) is 23.8 Å². The molecule has 1 amide bonds. The van der Waals surface area contributed by atoms with Gasteiger partial charge < -0.3 is 10.1 Å². The molecule has 0 bridgehead atoms. The summed E-state index contributed by atoms with van der Waals surface area (Å²) in [6, 6.07) is 7.01. The van der Waals surface area contributed by atoms with Gasteiger partial charge in [0.25, 0.3) is 5.91 Å². The van der Waals surface area contributed by atoms with Crippen LogP contribution in [0, 0.1) is 0 Å². The fraction of sp³-hybridized carbons (Fsp3) is 0.111. The van der Waals surface area contributed by atoms with Gasteiger partial charge in [-0.05, 0) is 24.3 Å². The highest BCUT2D eigenvalue weighted by atomic mass is 35.5. The first-order valence-electron chi connectivity index (χ1n) is 8.03. The van der Waals surface area contributed by atoms with Gasteiger partial charge >= 0.3 is 0 Å². The van der Waals surface area contributed by atoms with Gasteiger partial charge in [-0.25, -0.2) is 4.52 Å². The van der Waals surface area contributed by atoms with Crippen molar-refractivity contribution in [3.63, 3.8) is 0 Å². The molecule has 0 unspecified atom stereocenters. The van der Waals surface area contributed by atoms with Crippen LogP contribution in [0.3, 0.4) is 0 Å². The number of ether oxygens (including phenoxy) is 1. The number of hydrogen-bond acceptors (Lipinski definition) is 5. The molecule has 27 heavy (non-hydrogen) atoms. The standard InChI is InChI=1S/C18H15ClN6O2/c1-24-10-14(17(23-24)13-7-11(19)3-4-16(13)27-2)22-18(26)15-9-20-8-12-5-6-21-25(12)15/h3-10H,1-2H3,(H,22,26). The summed E-state index contributed by atoms with van der Waals surface area (Å²) in [5.74, 6) is 0.247. The number of carbonyl (C=O) groups excluding carboxylic acids is 1. The van der Waals surface area contributed by atoms with E-state index in [-0.39, 0.29) is 5.91 Å². The molecule has 3 aromatic heterocycles. The Balaban J connectivity index is 1.75. The van der Waals surface area contributed by atoms with Gasteiger partial charge in [-0.3, -0.25) is 14.5 Å². The number of carbonyl (C=O) groups is 1. The van der Waals surface area contributed by atoms with Crippen LogP contribution in [0.5, 0.6) is 5.75 Å². The van der Waals surface area contributed by atoms with Crippen LogP contribution >= 0.6 is 11.6 Å². The number of aromatic nitrogens is 5. The smallest absolute Gasteiger partial charge is 0.276 e. The molecule has 0 saturated heterocycles. The normalized spacial score (nSPS) is 10.9. The molecule has 4 aromatic rings. The molecule has 4 rings (SSSR count). The van der Waals surface area contributed by atoms with Crippen molar-refractivity contribution in [1.29, 1.82) is 0 Å². The summed E-state index contributed by atoms with van der Waals surface area (Å²) in [6.45, 7) is 0. The van der Waals surface area contributed by atoms with E-state index in [1.165, 1.54) is 10.7 Å². The summed E-state index contributed by atoms with van der Waals surface area (Å²) in [6.07, 6.45) is 6.42. The third-order valence-corrected chi connectivity index (χ3v) is 4.27. The average molecular weight is 383 g/mol. The van der Waals surface area contributed by atoms with Gasteiger partial charge in [0.15, 0.2) is 0 Å². The van der Waals surface area contributed by atoms with Crippen molar-refractivity contribution in [3.05, 3.63) is 59.8 Å². The predicted molar refractivity (Wildman–Crippen MR) is 101 cm³/mol. The topological polar surface area (TPSA) is 86.3 Å². The minimum Gasteiger partial charge on any atom is -0.496 e. The van der Waals surface area contributed by atoms with Crippen molar-refractivity contribution in [2.24, 2.45) is 7.05 Å². The maximum atomic E-state index is 12.8. The van der Waals surface area contributed by atoms with E-state index in [0.717, 1.165) is 5.52 Å². The largest absolute Gasteiger partial charge is 0.496 e. The third-order valence-electron chi connectivity index (χ3n) is 4.03. The predicted octanol–water partition coefficient (Wildman–Crippen LogP) is 3.04. The molecule has 0 fully saturated rings. The molecular weight excluding hydrogens is 368 g/mol. The van der Waals surface area contributed by atoms with Crippen LogP contribution in [-0.4, -0.2) is 37.4 Å². The van der Waals surface area contributed by atoms with Gasteiger partial charge in [-0.15, -0.1) is 0 Å². The lowest BCUT2D eigenvalue weighted by Crippen LogP contribution is -2.17. The number of nitrogens with zero attached hydrogens (tertiary/aromatic N) is 5. The Kier molecular flexibility index (Phi) is 4.25. The van der Waals surface area contributed by atoms with E-state index < -0.39 is 0 Å². The molecule has 0 saturated carbocycles. The van der Waals surface area contributed by atoms with Crippen LogP contribution in [0.15, 0.2) is 49.1 Å². The highest BCUT2D eigenvalue weighted by molar-refractivity contribution is 6.31. The second kappa shape index (κ2) is 6.73. The zero-order valence-corrected chi connectivity index (χ0v) is 15.3. The summed E-state index contributed by atoms with van der Waals surface area (Å²) < 4.78 is 8.55. The van der Waals surface area contributed by atoms with Gasteiger partial charge in [0.2, 0.25) is 0 Å². The van der Waals surface area contributed by atoms with E-state index in [0.29, 0.717) is 33.4 Å². The van der Waals surface area contributed by atoms with E-state index >= 15 is 0 Å². The molecule has 0 aliphatic rings. The number of amides is 1. The minimum absolute atomic E-state index is 0.311. The monoisotopic (exact) mass is 382 g/mol. The van der Waals surface area contributed by atoms with Crippen LogP contribution in [-0.2, 0) is 7.05 Å². The average Bonchev–Trinajstić information content (AvgIpc) is 3.27. The highest BCUT2D eigenvalue weighted by Gasteiger charge is 2.19. The second-order valence-corrected chi connectivity index (χ2v) is 6.26. The molecule has 0 aliphatic carbocycles. The first kappa shape index (κ1) is 17.0. The van der Waals surface area contributed by atoms with Crippen LogP contribution in [0.4, 0.5) is 5.69 Å². The maximum Gasteiger partial charge on any atom is 0.276 e. The lowest BCUT2D eigenvalue weighted by molar-refractivity contribution is 0.101. The molecule has 9 heteroatoms. The highest BCUT2D eigenvalue weighted by Crippen LogP contribution is 2.35. The molecule has 0 radical (unpaired) electrons. The Morgan fingerprint density at radius 2 is 2.11 bits per heavy atom. The molecular formula is C18H15ClN6O2. The van der Waals surface area contributed by atoms with Crippen molar-refractivity contribution in [1.82, 2.24) is 24.4 Å². The summed E-state index contributed by atoms with van der Waals surface area (Å²) in [7, 11) is 3.34. The number of rotatable bonds is 4. The van der Waals surface area contributed by atoms with Crippen molar-refractivity contribution >= 4 is 28.7 Å². The molecule has 136 valence electrons. The second-order valence-electron chi connectivity index (χ2n) is 5.82. The SMILES string of the molecule is COc1ccc(Cl)cc1-c1nn(C)cc1NC(=O)c1cncc2ccnn12. The summed E-state index contributed by atoms with van der Waals surface area (Å²) in [4.78, 5) is 16.9. The quantitative estimate of drug-likeness (QED) is 0.586. The van der Waals surface area contributed by atoms with E-state index in [4.69, 9.17) is 16.3 Å². The van der Waals surface area contributed by atoms with Crippen LogP contribution in [0.2, 0.25) is 5.02 Å². The molecule has 0 atom stereocenters. The van der Waals surface area contributed by atoms with E-state index in [1.807, 2.05) is 0 Å². The third kappa shape index (κ3) is 3.11. The Labute approximate surface area is 159 Å². The Hall–Kier alpha value is -3.39. The number of hydrogen-bond donors (Lipinski definition) is 1. The van der Waals surface area contributed by atoms with Crippen LogP contribution in [0.1, 0.15) is 10.5 Å². The molecule has 0 spiro atoms. The minimum atomic E-state index is -0.355. The van der Waals surface area contributed by atoms with E-state index in [2.05, 4.69) is 20.5 Å². The first-order chi connectivity index (χ1) is 13.1. The van der Waals surface area contributed by atoms with E-state index in [9.17, 15) is 4.79 Å². The number of aryl methyl sites for hydroxylation is 1. The summed E-state index contributed by atoms with van der Waals surface area (Å²) >= 11 is 6.14. The Morgan fingerprint density at radius 1 is 1.26 bits per heavy atom. The van der Waals surface area contributed by atoms with Gasteiger partial charge in [0.1, 0.15) is 17.1 Å². The lowest BCUT2D eigenvalue weighted by Gasteiger charge is -2.10. The molecule has 1 N–H and O–H groups in total. The van der Waals surface area contributed by atoms with Gasteiger partial charge in [-0.1, -0.05) is 11.6 Å². The maximum absolute atomic E-state index is 12.8. The fourth-order valence-electron chi connectivity index (χ4n) is 2.84. The summed E-state index contributed by atoms with van der Waals surface area (Å²) in [5.41, 5.74) is 2.78. The molecule has 1 aromatic carbocycles. The lowest BCUT2D eigenvalue weighted by atomic mass is 10.1. The zero-order valence-electron chi connectivity index (χ0n) is 14.5. The number of nitrogens with one attached hydrogen (secondary N) is 1. The van der Waals surface area contributed by atoms with Gasteiger partial charge in [0.05, 0.1) is 36.9 Å². The van der Waals surface area contributed by atoms with Crippen molar-refractivity contribution in [3.8, 4) is 17.0 Å². The molecule has 3 heterocycles. The van der Waals surface area contributed by atoms with Gasteiger partial charge in [-0.2, -0.15) is 10.2 Å². The molecule has 0 aliphatic heterocycles. The number of fused-ring (bicyclic) bond motifs is 1. The van der Waals surface area contributed by atoms with Crippen LogP contribution in [0.25, 0.3) is 16.8 Å². The Bertz CT molecular complexity index is 1150. The van der Waals surface area contributed by atoms with Crippen LogP contribution < -0.4 is 10.1 Å². The van der Waals surface area contributed by atoms with E-state index in [1.54, 1.807) is 61.7 Å². The number of methoxy groups -OCH3 is 1. The summed E-state index contributed by atoms with van der Waals surface area (Å²) in [5, 5.41) is 12.0. The number of anilines is 1. The molecule has 8 nitrogen and oxygen atoms in total. The van der Waals surface area contributed by atoms with Crippen molar-refractivity contribution < 1.29 is 9.53 Å². The first-order valence-corrected chi connectivity index (χ1v) is 8.41. The zero-order chi connectivity index (χ0) is 19.0. The Morgan fingerprint density at radius 3 is 2.93 bits per heavy atom. The van der Waals surface area contributed by atoms with Crippen molar-refractivity contribution in [2.45, 2.75) is 0 Å². The fourth-order valence-corrected chi connectivity index (χ4v) is 3.01. The van der Waals surface area contributed by atoms with Crippen molar-refractivity contribution in [2.75, 3.05) is 12.4 Å². The number of benzene rings is 1. The number of halogens is 1.